The van der Waals surface area contributed by atoms with Crippen LogP contribution in [0.4, 0.5) is 0 Å². The smallest absolute Gasteiger partial charge is 0.134 e. The van der Waals surface area contributed by atoms with Gasteiger partial charge in [-0.3, -0.25) is 0 Å². The van der Waals surface area contributed by atoms with E-state index >= 15 is 0 Å². The lowest BCUT2D eigenvalue weighted by molar-refractivity contribution is 0.305. The Balaban J connectivity index is 2.69. The molecule has 17 heavy (non-hydrogen) atoms. The summed E-state index contributed by atoms with van der Waals surface area (Å²) in [5.74, 6) is 6.39. The first-order valence-corrected chi connectivity index (χ1v) is 6.11. The Morgan fingerprint density at radius 3 is 2.82 bits per heavy atom. The number of aliphatic hydroxyl groups excluding tert-OH is 1. The number of rotatable bonds is 5. The molecule has 0 aliphatic carbocycles. The zero-order chi connectivity index (χ0) is 12.5. The molecular weight excluding hydrogens is 212 g/mol. The number of hydrogen-bond acceptors (Lipinski definition) is 2. The van der Waals surface area contributed by atoms with Gasteiger partial charge < -0.3 is 9.84 Å². The molecule has 0 bridgehead atoms. The van der Waals surface area contributed by atoms with Crippen molar-refractivity contribution in [1.82, 2.24) is 0 Å². The summed E-state index contributed by atoms with van der Waals surface area (Å²) in [6.45, 7) is 4.79. The molecule has 0 saturated heterocycles. The fraction of sp³-hybridized carbons (Fsp3) is 0.467. The van der Waals surface area contributed by atoms with E-state index in [1.807, 2.05) is 25.1 Å². The lowest BCUT2D eigenvalue weighted by Gasteiger charge is -2.08. The van der Waals surface area contributed by atoms with E-state index in [1.54, 1.807) is 0 Å². The second-order valence-corrected chi connectivity index (χ2v) is 4.02. The van der Waals surface area contributed by atoms with Crippen LogP contribution in [-0.4, -0.2) is 18.3 Å². The molecule has 92 valence electrons. The summed E-state index contributed by atoms with van der Waals surface area (Å²) in [5.41, 5.74) is 2.00. The summed E-state index contributed by atoms with van der Waals surface area (Å²) < 4.78 is 5.71. The van der Waals surface area contributed by atoms with Crippen molar-refractivity contribution < 1.29 is 9.84 Å². The lowest BCUT2D eigenvalue weighted by atomic mass is 10.1. The van der Waals surface area contributed by atoms with Gasteiger partial charge in [0.25, 0.3) is 0 Å². The largest absolute Gasteiger partial charge is 0.492 e. The van der Waals surface area contributed by atoms with Gasteiger partial charge in [-0.2, -0.15) is 0 Å². The standard InChI is InChI=1S/C15H20O2/c1-3-4-5-11-17-15-9-8-13(2)12-14(15)7-6-10-16/h8-9,12,16H,3-5,10-11H2,1-2H3. The Kier molecular flexibility index (Phi) is 6.21. The van der Waals surface area contributed by atoms with Gasteiger partial charge in [0.1, 0.15) is 12.4 Å². The first-order chi connectivity index (χ1) is 8.27. The van der Waals surface area contributed by atoms with Crippen LogP contribution >= 0.6 is 0 Å². The van der Waals surface area contributed by atoms with Crippen LogP contribution in [0.25, 0.3) is 0 Å². The lowest BCUT2D eigenvalue weighted by Crippen LogP contribution is -1.99. The average molecular weight is 232 g/mol. The molecule has 0 unspecified atom stereocenters. The van der Waals surface area contributed by atoms with Crippen molar-refractivity contribution in [3.63, 3.8) is 0 Å². The van der Waals surface area contributed by atoms with E-state index in [2.05, 4.69) is 18.8 Å². The Labute approximate surface area is 104 Å². The summed E-state index contributed by atoms with van der Waals surface area (Å²) in [6, 6.07) is 5.94. The van der Waals surface area contributed by atoms with Crippen LogP contribution in [0.2, 0.25) is 0 Å². The first-order valence-electron chi connectivity index (χ1n) is 6.11. The van der Waals surface area contributed by atoms with Gasteiger partial charge in [-0.1, -0.05) is 37.7 Å². The van der Waals surface area contributed by atoms with Gasteiger partial charge in [0, 0.05) is 0 Å². The molecule has 0 amide bonds. The first kappa shape index (κ1) is 13.6. The molecule has 1 rings (SSSR count). The second kappa shape index (κ2) is 7.76. The number of ether oxygens (including phenoxy) is 1. The predicted molar refractivity (Wildman–Crippen MR) is 70.2 cm³/mol. The molecule has 0 aliphatic rings. The van der Waals surface area contributed by atoms with Crippen molar-refractivity contribution >= 4 is 0 Å². The number of unbranched alkanes of at least 4 members (excludes halogenated alkanes) is 2. The molecule has 0 aromatic heterocycles. The fourth-order valence-electron chi connectivity index (χ4n) is 1.54. The van der Waals surface area contributed by atoms with E-state index < -0.39 is 0 Å². The SMILES string of the molecule is CCCCCOc1ccc(C)cc1C#CCO. The minimum Gasteiger partial charge on any atom is -0.492 e. The maximum Gasteiger partial charge on any atom is 0.134 e. The highest BCUT2D eigenvalue weighted by Gasteiger charge is 2.01. The van der Waals surface area contributed by atoms with E-state index in [1.165, 1.54) is 12.8 Å². The van der Waals surface area contributed by atoms with Crippen molar-refractivity contribution in [2.75, 3.05) is 13.2 Å². The number of aliphatic hydroxyl groups is 1. The summed E-state index contributed by atoms with van der Waals surface area (Å²) in [4.78, 5) is 0. The normalized spacial score (nSPS) is 9.59. The highest BCUT2D eigenvalue weighted by Crippen LogP contribution is 2.19. The maximum atomic E-state index is 8.72. The van der Waals surface area contributed by atoms with Gasteiger partial charge in [0.15, 0.2) is 0 Å². The zero-order valence-electron chi connectivity index (χ0n) is 10.6. The third-order valence-corrected chi connectivity index (χ3v) is 2.44. The van der Waals surface area contributed by atoms with E-state index in [0.29, 0.717) is 0 Å². The van der Waals surface area contributed by atoms with Crippen LogP contribution in [0.5, 0.6) is 5.75 Å². The van der Waals surface area contributed by atoms with Crippen LogP contribution in [-0.2, 0) is 0 Å². The molecule has 0 heterocycles. The van der Waals surface area contributed by atoms with E-state index in [9.17, 15) is 0 Å². The third kappa shape index (κ3) is 4.93. The van der Waals surface area contributed by atoms with E-state index in [-0.39, 0.29) is 6.61 Å². The molecular formula is C15H20O2. The number of aryl methyl sites for hydroxylation is 1. The topological polar surface area (TPSA) is 29.5 Å². The molecule has 0 spiro atoms. The molecule has 0 atom stereocenters. The molecule has 1 N–H and O–H groups in total. The fourth-order valence-corrected chi connectivity index (χ4v) is 1.54. The quantitative estimate of drug-likeness (QED) is 0.625. The van der Waals surface area contributed by atoms with E-state index in [0.717, 1.165) is 29.9 Å². The monoisotopic (exact) mass is 232 g/mol. The Bertz CT molecular complexity index is 399. The summed E-state index contributed by atoms with van der Waals surface area (Å²) in [6.07, 6.45) is 3.44. The summed E-state index contributed by atoms with van der Waals surface area (Å²) in [7, 11) is 0. The molecule has 2 heteroatoms. The summed E-state index contributed by atoms with van der Waals surface area (Å²) in [5, 5.41) is 8.72. The van der Waals surface area contributed by atoms with Crippen LogP contribution in [0.1, 0.15) is 37.3 Å². The van der Waals surface area contributed by atoms with Gasteiger partial charge in [0.05, 0.1) is 12.2 Å². The van der Waals surface area contributed by atoms with Crippen molar-refractivity contribution in [1.29, 1.82) is 0 Å². The molecule has 2 nitrogen and oxygen atoms in total. The number of benzene rings is 1. The van der Waals surface area contributed by atoms with E-state index in [4.69, 9.17) is 9.84 Å². The Morgan fingerprint density at radius 1 is 1.29 bits per heavy atom. The molecule has 1 aromatic rings. The predicted octanol–water partition coefficient (Wildman–Crippen LogP) is 2.91. The highest BCUT2D eigenvalue weighted by molar-refractivity contribution is 5.48. The molecule has 0 fully saturated rings. The highest BCUT2D eigenvalue weighted by atomic mass is 16.5. The third-order valence-electron chi connectivity index (χ3n) is 2.44. The second-order valence-electron chi connectivity index (χ2n) is 4.02. The van der Waals surface area contributed by atoms with Crippen molar-refractivity contribution in [3.05, 3.63) is 29.3 Å². The van der Waals surface area contributed by atoms with Crippen molar-refractivity contribution in [3.8, 4) is 17.6 Å². The molecule has 0 aliphatic heterocycles. The van der Waals surface area contributed by atoms with Gasteiger partial charge >= 0.3 is 0 Å². The van der Waals surface area contributed by atoms with Crippen LogP contribution in [0.15, 0.2) is 18.2 Å². The molecule has 0 radical (unpaired) electrons. The van der Waals surface area contributed by atoms with Crippen LogP contribution < -0.4 is 4.74 Å². The van der Waals surface area contributed by atoms with Gasteiger partial charge in [-0.25, -0.2) is 0 Å². The van der Waals surface area contributed by atoms with Crippen LogP contribution in [0.3, 0.4) is 0 Å². The van der Waals surface area contributed by atoms with Crippen LogP contribution in [0, 0.1) is 18.8 Å². The molecule has 0 saturated carbocycles. The molecule has 1 aromatic carbocycles. The maximum absolute atomic E-state index is 8.72. The Hall–Kier alpha value is -1.46. The minimum atomic E-state index is -0.122. The van der Waals surface area contributed by atoms with Crippen molar-refractivity contribution in [2.45, 2.75) is 33.1 Å². The Morgan fingerprint density at radius 2 is 2.12 bits per heavy atom. The van der Waals surface area contributed by atoms with Gasteiger partial charge in [-0.05, 0) is 31.0 Å². The van der Waals surface area contributed by atoms with Gasteiger partial charge in [0.2, 0.25) is 0 Å². The summed E-state index contributed by atoms with van der Waals surface area (Å²) >= 11 is 0. The zero-order valence-corrected chi connectivity index (χ0v) is 10.6. The van der Waals surface area contributed by atoms with Crippen molar-refractivity contribution in [2.24, 2.45) is 0 Å². The number of hydrogen-bond donors (Lipinski definition) is 1. The minimum absolute atomic E-state index is 0.122. The van der Waals surface area contributed by atoms with Gasteiger partial charge in [-0.15, -0.1) is 0 Å². The average Bonchev–Trinajstić information content (AvgIpc) is 2.34.